The molecule has 0 bridgehead atoms. The Hall–Kier alpha value is -0.840. The normalized spacial score (nSPS) is 21.8. The molecule has 84 valence electrons. The zero-order valence-electron chi connectivity index (χ0n) is 9.11. The van der Waals surface area contributed by atoms with Crippen molar-refractivity contribution in [3.05, 3.63) is 24.0 Å². The molecule has 0 radical (unpaired) electrons. The van der Waals surface area contributed by atoms with Gasteiger partial charge in [-0.25, -0.2) is 0 Å². The second-order valence-electron chi connectivity index (χ2n) is 3.81. The number of rotatable bonds is 4. The van der Waals surface area contributed by atoms with E-state index >= 15 is 0 Å². The van der Waals surface area contributed by atoms with E-state index in [0.717, 1.165) is 26.3 Å². The Kier molecular flexibility index (Phi) is 3.77. The average molecular weight is 210 g/mol. The van der Waals surface area contributed by atoms with Crippen molar-refractivity contribution < 1.29 is 9.47 Å². The Morgan fingerprint density at radius 1 is 1.53 bits per heavy atom. The van der Waals surface area contributed by atoms with Crippen LogP contribution in [0.15, 0.2) is 18.3 Å². The number of nitrogens with zero attached hydrogens (tertiary/aromatic N) is 1. The summed E-state index contributed by atoms with van der Waals surface area (Å²) in [5.74, 6) is 0. The van der Waals surface area contributed by atoms with Gasteiger partial charge in [0.15, 0.2) is 0 Å². The fraction of sp³-hybridized carbons (Fsp3) is 0.636. The van der Waals surface area contributed by atoms with Crippen LogP contribution in [0.3, 0.4) is 0 Å². The number of hydrogen-bond donors (Lipinski definition) is 1. The molecule has 2 rings (SSSR count). The van der Waals surface area contributed by atoms with E-state index in [-0.39, 0.29) is 6.10 Å². The second-order valence-corrected chi connectivity index (χ2v) is 3.81. The minimum absolute atomic E-state index is 0.207. The first-order chi connectivity index (χ1) is 7.36. The lowest BCUT2D eigenvalue weighted by Gasteiger charge is -2.23. The molecule has 15 heavy (non-hydrogen) atoms. The highest BCUT2D eigenvalue weighted by Gasteiger charge is 2.13. The van der Waals surface area contributed by atoms with Gasteiger partial charge in [-0.2, -0.15) is 0 Å². The van der Waals surface area contributed by atoms with E-state index in [1.54, 1.807) is 0 Å². The van der Waals surface area contributed by atoms with Crippen molar-refractivity contribution >= 4 is 0 Å². The van der Waals surface area contributed by atoms with Gasteiger partial charge in [0.2, 0.25) is 0 Å². The van der Waals surface area contributed by atoms with Gasteiger partial charge in [-0.15, -0.1) is 0 Å². The van der Waals surface area contributed by atoms with Crippen LogP contribution < -0.4 is 5.32 Å². The van der Waals surface area contributed by atoms with Gasteiger partial charge in [-0.05, 0) is 12.1 Å². The standard InChI is InChI=1S/C11H18N2O2/c1-13-4-2-3-10(13)7-12-8-11-9-14-5-6-15-11/h2-4,11-12H,5-9H2,1H3. The molecule has 4 nitrogen and oxygen atoms in total. The molecular formula is C11H18N2O2. The van der Waals surface area contributed by atoms with Gasteiger partial charge >= 0.3 is 0 Å². The predicted molar refractivity (Wildman–Crippen MR) is 57.7 cm³/mol. The Morgan fingerprint density at radius 2 is 2.47 bits per heavy atom. The molecule has 1 saturated heterocycles. The van der Waals surface area contributed by atoms with E-state index in [1.165, 1.54) is 5.69 Å². The maximum Gasteiger partial charge on any atom is 0.0933 e. The average Bonchev–Trinajstić information content (AvgIpc) is 2.66. The zero-order valence-corrected chi connectivity index (χ0v) is 9.11. The van der Waals surface area contributed by atoms with Crippen LogP contribution >= 0.6 is 0 Å². The summed E-state index contributed by atoms with van der Waals surface area (Å²) in [4.78, 5) is 0. The SMILES string of the molecule is Cn1cccc1CNCC1COCCO1. The highest BCUT2D eigenvalue weighted by molar-refractivity contribution is 5.05. The van der Waals surface area contributed by atoms with E-state index in [0.29, 0.717) is 6.61 Å². The molecule has 4 heteroatoms. The summed E-state index contributed by atoms with van der Waals surface area (Å²) in [7, 11) is 2.05. The molecule has 1 unspecified atom stereocenters. The third-order valence-electron chi connectivity index (χ3n) is 2.61. The molecule has 1 aromatic heterocycles. The largest absolute Gasteiger partial charge is 0.376 e. The maximum absolute atomic E-state index is 5.53. The van der Waals surface area contributed by atoms with Gasteiger partial charge < -0.3 is 19.4 Å². The molecule has 0 spiro atoms. The van der Waals surface area contributed by atoms with Crippen molar-refractivity contribution in [3.8, 4) is 0 Å². The lowest BCUT2D eigenvalue weighted by Crippen LogP contribution is -2.37. The molecule has 1 fully saturated rings. The Labute approximate surface area is 90.2 Å². The number of aromatic nitrogens is 1. The highest BCUT2D eigenvalue weighted by Crippen LogP contribution is 2.01. The third kappa shape index (κ3) is 3.06. The molecule has 1 atom stereocenters. The molecule has 0 aromatic carbocycles. The van der Waals surface area contributed by atoms with Crippen molar-refractivity contribution in [2.45, 2.75) is 12.6 Å². The van der Waals surface area contributed by atoms with Gasteiger partial charge in [-0.1, -0.05) is 0 Å². The molecule has 1 aromatic rings. The summed E-state index contributed by atoms with van der Waals surface area (Å²) in [6.45, 7) is 3.89. The van der Waals surface area contributed by atoms with E-state index < -0.39 is 0 Å². The smallest absolute Gasteiger partial charge is 0.0933 e. The van der Waals surface area contributed by atoms with Crippen LogP contribution in [0.5, 0.6) is 0 Å². The summed E-state index contributed by atoms with van der Waals surface area (Å²) in [6, 6.07) is 4.17. The Bertz CT molecular complexity index is 293. The maximum atomic E-state index is 5.53. The van der Waals surface area contributed by atoms with Crippen LogP contribution in [0.25, 0.3) is 0 Å². The number of nitrogens with one attached hydrogen (secondary N) is 1. The first-order valence-electron chi connectivity index (χ1n) is 5.36. The summed E-state index contributed by atoms with van der Waals surface area (Å²) in [6.07, 6.45) is 2.26. The van der Waals surface area contributed by atoms with E-state index in [4.69, 9.17) is 9.47 Å². The molecule has 2 heterocycles. The highest BCUT2D eigenvalue weighted by atomic mass is 16.6. The van der Waals surface area contributed by atoms with Crippen molar-refractivity contribution in [3.63, 3.8) is 0 Å². The van der Waals surface area contributed by atoms with Crippen molar-refractivity contribution in [2.24, 2.45) is 7.05 Å². The van der Waals surface area contributed by atoms with E-state index in [1.807, 2.05) is 0 Å². The molecule has 1 aliphatic heterocycles. The quantitative estimate of drug-likeness (QED) is 0.787. The third-order valence-corrected chi connectivity index (χ3v) is 2.61. The second kappa shape index (κ2) is 5.30. The Morgan fingerprint density at radius 3 is 3.13 bits per heavy atom. The minimum Gasteiger partial charge on any atom is -0.376 e. The summed E-state index contributed by atoms with van der Waals surface area (Å²) in [5, 5.41) is 3.37. The first-order valence-corrected chi connectivity index (χ1v) is 5.36. The first kappa shape index (κ1) is 10.7. The van der Waals surface area contributed by atoms with Crippen LogP contribution in [0.1, 0.15) is 5.69 Å². The van der Waals surface area contributed by atoms with Crippen LogP contribution in [0.4, 0.5) is 0 Å². The topological polar surface area (TPSA) is 35.4 Å². The summed E-state index contributed by atoms with van der Waals surface area (Å²) < 4.78 is 13.0. The number of aryl methyl sites for hydroxylation is 1. The molecule has 0 aliphatic carbocycles. The van der Waals surface area contributed by atoms with Gasteiger partial charge in [-0.3, -0.25) is 0 Å². The monoisotopic (exact) mass is 210 g/mol. The lowest BCUT2D eigenvalue weighted by molar-refractivity contribution is -0.0864. The molecule has 1 aliphatic rings. The van der Waals surface area contributed by atoms with Crippen LogP contribution in [0, 0.1) is 0 Å². The van der Waals surface area contributed by atoms with Crippen LogP contribution in [0.2, 0.25) is 0 Å². The molecule has 0 saturated carbocycles. The molecule has 0 amide bonds. The fourth-order valence-corrected chi connectivity index (χ4v) is 1.70. The van der Waals surface area contributed by atoms with Gasteiger partial charge in [0.25, 0.3) is 0 Å². The van der Waals surface area contributed by atoms with Gasteiger partial charge in [0.05, 0.1) is 25.9 Å². The lowest BCUT2D eigenvalue weighted by atomic mass is 10.3. The van der Waals surface area contributed by atoms with Crippen LogP contribution in [-0.2, 0) is 23.1 Å². The number of ether oxygens (including phenoxy) is 2. The zero-order chi connectivity index (χ0) is 10.5. The fourth-order valence-electron chi connectivity index (χ4n) is 1.70. The van der Waals surface area contributed by atoms with Gasteiger partial charge in [0.1, 0.15) is 0 Å². The number of hydrogen-bond acceptors (Lipinski definition) is 3. The summed E-state index contributed by atoms with van der Waals surface area (Å²) in [5.41, 5.74) is 1.28. The predicted octanol–water partition coefficient (Wildman–Crippen LogP) is 0.530. The molecular weight excluding hydrogens is 192 g/mol. The van der Waals surface area contributed by atoms with Crippen molar-refractivity contribution in [2.75, 3.05) is 26.4 Å². The van der Waals surface area contributed by atoms with Crippen LogP contribution in [-0.4, -0.2) is 37.0 Å². The van der Waals surface area contributed by atoms with Gasteiger partial charge in [0, 0.05) is 32.0 Å². The van der Waals surface area contributed by atoms with E-state index in [9.17, 15) is 0 Å². The van der Waals surface area contributed by atoms with Crippen molar-refractivity contribution in [1.82, 2.24) is 9.88 Å². The minimum atomic E-state index is 0.207. The summed E-state index contributed by atoms with van der Waals surface area (Å²) >= 11 is 0. The van der Waals surface area contributed by atoms with E-state index in [2.05, 4.69) is 35.3 Å². The van der Waals surface area contributed by atoms with Crippen molar-refractivity contribution in [1.29, 1.82) is 0 Å². The Balaban J connectivity index is 1.68. The molecule has 1 N–H and O–H groups in total.